The van der Waals surface area contributed by atoms with Crippen molar-refractivity contribution in [1.82, 2.24) is 5.32 Å². The second kappa shape index (κ2) is 23.9. The Balaban J connectivity index is 2.30. The van der Waals surface area contributed by atoms with Gasteiger partial charge in [0.25, 0.3) is 11.6 Å². The predicted molar refractivity (Wildman–Crippen MR) is 172 cm³/mol. The van der Waals surface area contributed by atoms with E-state index in [0.29, 0.717) is 6.42 Å². The van der Waals surface area contributed by atoms with Gasteiger partial charge in [0.2, 0.25) is 0 Å². The highest BCUT2D eigenvalue weighted by atomic mass is 35.5. The van der Waals surface area contributed by atoms with Crippen LogP contribution in [0.15, 0.2) is 24.3 Å². The lowest BCUT2D eigenvalue weighted by atomic mass is 10.0. The predicted octanol–water partition coefficient (Wildman–Crippen LogP) is 7.65. The Hall–Kier alpha value is -2.43. The van der Waals surface area contributed by atoms with Gasteiger partial charge in [0, 0.05) is 18.6 Å². The molecule has 0 aliphatic carbocycles. The van der Waals surface area contributed by atoms with E-state index >= 15 is 0 Å². The minimum Gasteiger partial charge on any atom is -0.461 e. The minimum atomic E-state index is -1.45. The fourth-order valence-electron chi connectivity index (χ4n) is 4.72. The molecule has 0 heterocycles. The number of rotatable bonds is 25. The maximum atomic E-state index is 12.5. The zero-order chi connectivity index (χ0) is 32.7. The first-order chi connectivity index (χ1) is 21.1. The van der Waals surface area contributed by atoms with Crippen LogP contribution in [0.4, 0.5) is 5.69 Å². The van der Waals surface area contributed by atoms with Gasteiger partial charge in [-0.2, -0.15) is 0 Å². The number of carbonyl (C=O) groups excluding carboxylic acids is 3. The van der Waals surface area contributed by atoms with Crippen LogP contribution < -0.4 is 5.32 Å². The Morgan fingerprint density at radius 3 is 1.80 bits per heavy atom. The number of alkyl halides is 2. The number of nitrogens with zero attached hydrogens (tertiary/aromatic N) is 1. The third-order valence-electron chi connectivity index (χ3n) is 7.38. The second-order valence-electron chi connectivity index (χ2n) is 11.2. The summed E-state index contributed by atoms with van der Waals surface area (Å²) < 4.78 is 10.4. The van der Waals surface area contributed by atoms with Crippen LogP contribution in [-0.2, 0) is 23.9 Å². The van der Waals surface area contributed by atoms with Gasteiger partial charge in [0.05, 0.1) is 11.0 Å². The average molecular weight is 662 g/mol. The van der Waals surface area contributed by atoms with Crippen molar-refractivity contribution in [3.05, 3.63) is 39.9 Å². The molecule has 3 unspecified atom stereocenters. The van der Waals surface area contributed by atoms with Gasteiger partial charge < -0.3 is 19.9 Å². The van der Waals surface area contributed by atoms with E-state index in [1.165, 1.54) is 102 Å². The molecule has 12 heteroatoms. The second-order valence-corrected chi connectivity index (χ2v) is 12.3. The van der Waals surface area contributed by atoms with Gasteiger partial charge >= 0.3 is 11.9 Å². The van der Waals surface area contributed by atoms with Crippen molar-refractivity contribution in [2.24, 2.45) is 0 Å². The number of non-ortho nitro benzene ring substituents is 1. The van der Waals surface area contributed by atoms with E-state index in [-0.39, 0.29) is 17.7 Å². The van der Waals surface area contributed by atoms with Gasteiger partial charge in [-0.1, -0.05) is 120 Å². The van der Waals surface area contributed by atoms with Crippen molar-refractivity contribution < 1.29 is 33.9 Å². The normalized spacial score (nSPS) is 13.2. The number of unbranched alkanes of at least 4 members (excludes halogenated alkanes) is 14. The monoisotopic (exact) mass is 660 g/mol. The highest BCUT2D eigenvalue weighted by molar-refractivity contribution is 6.53. The Bertz CT molecular complexity index is 978. The summed E-state index contributed by atoms with van der Waals surface area (Å²) in [6.07, 6.45) is 15.9. The standard InChI is InChI=1S/C32H50Cl2N2O8/c1-3-4-5-6-7-8-9-10-11-12-13-14-15-16-17-18-28(37)44-24(2)32(40)43-23-27(35-31(39)30(33)34)29(38)25-19-21-26(22-20-25)36(41)42/h19-22,24,27,29-30,38H,3-18,23H2,1-2H3,(H,35,39). The first kappa shape index (κ1) is 39.6. The summed E-state index contributed by atoms with van der Waals surface area (Å²) in [4.78, 5) is 45.6. The molecule has 1 amide bonds. The third-order valence-corrected chi connectivity index (χ3v) is 7.78. The Morgan fingerprint density at radius 2 is 1.34 bits per heavy atom. The fraction of sp³-hybridized carbons (Fsp3) is 0.719. The van der Waals surface area contributed by atoms with E-state index in [1.807, 2.05) is 0 Å². The van der Waals surface area contributed by atoms with Crippen molar-refractivity contribution >= 4 is 46.7 Å². The first-order valence-electron chi connectivity index (χ1n) is 15.9. The molecule has 2 N–H and O–H groups in total. The van der Waals surface area contributed by atoms with Crippen LogP contribution in [0, 0.1) is 10.1 Å². The topological polar surface area (TPSA) is 145 Å². The molecular formula is C32H50Cl2N2O8. The number of carbonyl (C=O) groups is 3. The molecule has 0 spiro atoms. The highest BCUT2D eigenvalue weighted by Gasteiger charge is 2.28. The molecular weight excluding hydrogens is 611 g/mol. The van der Waals surface area contributed by atoms with E-state index in [0.717, 1.165) is 19.3 Å². The molecule has 10 nitrogen and oxygen atoms in total. The Kier molecular flexibility index (Phi) is 21.5. The van der Waals surface area contributed by atoms with Gasteiger partial charge in [-0.25, -0.2) is 4.79 Å². The molecule has 0 saturated heterocycles. The smallest absolute Gasteiger partial charge is 0.347 e. The average Bonchev–Trinajstić information content (AvgIpc) is 3.00. The molecule has 0 radical (unpaired) electrons. The quantitative estimate of drug-likeness (QED) is 0.0357. The number of aliphatic hydroxyl groups is 1. The summed E-state index contributed by atoms with van der Waals surface area (Å²) in [5.74, 6) is -2.20. The van der Waals surface area contributed by atoms with E-state index in [9.17, 15) is 29.6 Å². The highest BCUT2D eigenvalue weighted by Crippen LogP contribution is 2.22. The van der Waals surface area contributed by atoms with Crippen molar-refractivity contribution in [1.29, 1.82) is 0 Å². The maximum Gasteiger partial charge on any atom is 0.347 e. The minimum absolute atomic E-state index is 0.186. The summed E-state index contributed by atoms with van der Waals surface area (Å²) in [7, 11) is 0. The number of benzene rings is 1. The molecule has 44 heavy (non-hydrogen) atoms. The van der Waals surface area contributed by atoms with E-state index < -0.39 is 52.5 Å². The lowest BCUT2D eigenvalue weighted by molar-refractivity contribution is -0.384. The molecule has 1 aromatic carbocycles. The van der Waals surface area contributed by atoms with E-state index in [2.05, 4.69) is 12.2 Å². The molecule has 250 valence electrons. The molecule has 0 fully saturated rings. The van der Waals surface area contributed by atoms with Crippen LogP contribution in [0.25, 0.3) is 0 Å². The lowest BCUT2D eigenvalue weighted by Crippen LogP contribution is -2.45. The zero-order valence-electron chi connectivity index (χ0n) is 26.1. The summed E-state index contributed by atoms with van der Waals surface area (Å²) in [6, 6.07) is 3.82. The molecule has 1 aromatic rings. The number of amides is 1. The zero-order valence-corrected chi connectivity index (χ0v) is 27.7. The number of esters is 2. The van der Waals surface area contributed by atoms with E-state index in [4.69, 9.17) is 32.7 Å². The molecule has 0 aliphatic heterocycles. The van der Waals surface area contributed by atoms with Crippen molar-refractivity contribution in [3.63, 3.8) is 0 Å². The molecule has 0 saturated carbocycles. The number of nitro benzene ring substituents is 1. The van der Waals surface area contributed by atoms with Gasteiger partial charge in [-0.15, -0.1) is 0 Å². The van der Waals surface area contributed by atoms with Crippen LogP contribution in [0.1, 0.15) is 128 Å². The fourth-order valence-corrected chi connectivity index (χ4v) is 4.84. The molecule has 0 aromatic heterocycles. The molecule has 3 atom stereocenters. The van der Waals surface area contributed by atoms with Crippen molar-refractivity contribution in [3.8, 4) is 0 Å². The largest absolute Gasteiger partial charge is 0.461 e. The van der Waals surface area contributed by atoms with Crippen molar-refractivity contribution in [2.45, 2.75) is 140 Å². The van der Waals surface area contributed by atoms with Gasteiger partial charge in [0.15, 0.2) is 10.9 Å². The number of aliphatic hydroxyl groups excluding tert-OH is 1. The van der Waals surface area contributed by atoms with Crippen LogP contribution >= 0.6 is 23.2 Å². The Labute approximate surface area is 271 Å². The number of ether oxygens (including phenoxy) is 2. The summed E-state index contributed by atoms with van der Waals surface area (Å²) in [5, 5.41) is 24.0. The first-order valence-corrected chi connectivity index (χ1v) is 16.8. The van der Waals surface area contributed by atoms with Crippen LogP contribution in [0.2, 0.25) is 0 Å². The SMILES string of the molecule is CCCCCCCCCCCCCCCCCC(=O)OC(C)C(=O)OCC(NC(=O)C(Cl)Cl)C(O)c1ccc([N+](=O)[O-])cc1. The molecule has 1 rings (SSSR count). The van der Waals surface area contributed by atoms with Crippen molar-refractivity contribution in [2.75, 3.05) is 6.61 Å². The number of hydrogen-bond donors (Lipinski definition) is 2. The van der Waals surface area contributed by atoms with Crippen LogP contribution in [-0.4, -0.2) is 51.5 Å². The number of hydrogen-bond acceptors (Lipinski definition) is 8. The number of halogens is 2. The summed E-state index contributed by atoms with van der Waals surface area (Å²) in [6.45, 7) is 3.12. The van der Waals surface area contributed by atoms with Crippen LogP contribution in [0.5, 0.6) is 0 Å². The molecule has 0 bridgehead atoms. The van der Waals surface area contributed by atoms with E-state index in [1.54, 1.807) is 0 Å². The van der Waals surface area contributed by atoms with Gasteiger partial charge in [-0.3, -0.25) is 19.7 Å². The third kappa shape index (κ3) is 17.8. The maximum absolute atomic E-state index is 12.5. The lowest BCUT2D eigenvalue weighted by Gasteiger charge is -2.25. The van der Waals surface area contributed by atoms with Gasteiger partial charge in [0.1, 0.15) is 12.7 Å². The Morgan fingerprint density at radius 1 is 0.864 bits per heavy atom. The molecule has 0 aliphatic rings. The number of nitrogens with one attached hydrogen (secondary N) is 1. The summed E-state index contributed by atoms with van der Waals surface area (Å²) in [5.41, 5.74) is 0.0372. The number of nitro groups is 1. The van der Waals surface area contributed by atoms with Crippen LogP contribution in [0.3, 0.4) is 0 Å². The van der Waals surface area contributed by atoms with Gasteiger partial charge in [-0.05, 0) is 31.0 Å². The summed E-state index contributed by atoms with van der Waals surface area (Å²) >= 11 is 11.2.